The number of aromatic nitrogens is 2. The predicted molar refractivity (Wildman–Crippen MR) is 131 cm³/mol. The third-order valence-electron chi connectivity index (χ3n) is 5.45. The zero-order valence-corrected chi connectivity index (χ0v) is 18.8. The van der Waals surface area contributed by atoms with Gasteiger partial charge in [0.25, 0.3) is 5.56 Å². The van der Waals surface area contributed by atoms with Crippen molar-refractivity contribution in [2.24, 2.45) is 0 Å². The quantitative estimate of drug-likeness (QED) is 0.409. The molecule has 0 bridgehead atoms. The fourth-order valence-corrected chi connectivity index (χ4v) is 3.87. The molecule has 4 rings (SSSR count). The van der Waals surface area contributed by atoms with Gasteiger partial charge in [0.15, 0.2) is 0 Å². The van der Waals surface area contributed by atoms with Crippen molar-refractivity contribution >= 4 is 17.5 Å². The first-order valence-electron chi connectivity index (χ1n) is 10.8. The highest BCUT2D eigenvalue weighted by molar-refractivity contribution is 6.30. The highest BCUT2D eigenvalue weighted by Gasteiger charge is 2.18. The van der Waals surface area contributed by atoms with Gasteiger partial charge in [-0.3, -0.25) is 9.59 Å². The topological polar surface area (TPSA) is 64.0 Å². The van der Waals surface area contributed by atoms with Crippen molar-refractivity contribution in [2.75, 3.05) is 6.54 Å². The van der Waals surface area contributed by atoms with E-state index in [1.54, 1.807) is 18.2 Å². The van der Waals surface area contributed by atoms with E-state index in [1.165, 1.54) is 10.7 Å². The summed E-state index contributed by atoms with van der Waals surface area (Å²) in [5.74, 6) is -0.115. The van der Waals surface area contributed by atoms with Crippen LogP contribution in [0.25, 0.3) is 11.3 Å². The van der Waals surface area contributed by atoms with E-state index >= 15 is 0 Å². The zero-order chi connectivity index (χ0) is 23.0. The maximum atomic E-state index is 12.8. The third kappa shape index (κ3) is 5.96. The molecule has 6 heteroatoms. The zero-order valence-electron chi connectivity index (χ0n) is 18.0. The Kier molecular flexibility index (Phi) is 7.33. The van der Waals surface area contributed by atoms with Gasteiger partial charge >= 0.3 is 0 Å². The van der Waals surface area contributed by atoms with E-state index in [-0.39, 0.29) is 23.9 Å². The van der Waals surface area contributed by atoms with Crippen molar-refractivity contribution in [1.82, 2.24) is 15.1 Å². The second-order valence-electron chi connectivity index (χ2n) is 7.71. The van der Waals surface area contributed by atoms with E-state index in [4.69, 9.17) is 11.6 Å². The van der Waals surface area contributed by atoms with E-state index in [0.717, 1.165) is 16.7 Å². The van der Waals surface area contributed by atoms with Crippen molar-refractivity contribution in [1.29, 1.82) is 0 Å². The van der Waals surface area contributed by atoms with Crippen molar-refractivity contribution < 1.29 is 4.79 Å². The van der Waals surface area contributed by atoms with Crippen LogP contribution in [0.2, 0.25) is 5.02 Å². The lowest BCUT2D eigenvalue weighted by molar-refractivity contribution is -0.121. The minimum atomic E-state index is -0.214. The van der Waals surface area contributed by atoms with Gasteiger partial charge in [-0.2, -0.15) is 5.10 Å². The lowest BCUT2D eigenvalue weighted by Gasteiger charge is -2.18. The third-order valence-corrected chi connectivity index (χ3v) is 5.70. The molecule has 1 amide bonds. The molecule has 0 atom stereocenters. The Labute approximate surface area is 197 Å². The minimum absolute atomic E-state index is 0.0403. The largest absolute Gasteiger partial charge is 0.354 e. The second kappa shape index (κ2) is 10.7. The normalized spacial score (nSPS) is 10.8. The van der Waals surface area contributed by atoms with E-state index in [2.05, 4.69) is 10.4 Å². The minimum Gasteiger partial charge on any atom is -0.354 e. The van der Waals surface area contributed by atoms with Gasteiger partial charge in [-0.15, -0.1) is 0 Å². The molecular weight excluding hydrogens is 434 g/mol. The predicted octanol–water partition coefficient (Wildman–Crippen LogP) is 4.90. The first kappa shape index (κ1) is 22.5. The first-order valence-corrected chi connectivity index (χ1v) is 11.2. The van der Waals surface area contributed by atoms with Gasteiger partial charge in [-0.05, 0) is 29.3 Å². The lowest BCUT2D eigenvalue weighted by atomic mass is 9.88. The average Bonchev–Trinajstić information content (AvgIpc) is 2.85. The van der Waals surface area contributed by atoms with Crippen molar-refractivity contribution in [3.8, 4) is 11.3 Å². The molecule has 0 spiro atoms. The summed E-state index contributed by atoms with van der Waals surface area (Å²) in [6.07, 6.45) is 0.321. The van der Waals surface area contributed by atoms with Crippen LogP contribution in [0.4, 0.5) is 0 Å². The van der Waals surface area contributed by atoms with Crippen molar-refractivity contribution in [2.45, 2.75) is 18.9 Å². The number of benzene rings is 3. The highest BCUT2D eigenvalue weighted by Crippen LogP contribution is 2.27. The van der Waals surface area contributed by atoms with Crippen molar-refractivity contribution in [3.63, 3.8) is 0 Å². The Morgan fingerprint density at radius 1 is 0.848 bits per heavy atom. The second-order valence-corrected chi connectivity index (χ2v) is 8.15. The number of nitrogens with zero attached hydrogens (tertiary/aromatic N) is 2. The summed E-state index contributed by atoms with van der Waals surface area (Å²) in [4.78, 5) is 25.0. The molecule has 0 saturated carbocycles. The van der Waals surface area contributed by atoms with E-state index in [9.17, 15) is 9.59 Å². The molecule has 0 aliphatic rings. The molecule has 4 aromatic rings. The molecule has 5 nitrogen and oxygen atoms in total. The van der Waals surface area contributed by atoms with Crippen LogP contribution >= 0.6 is 11.6 Å². The summed E-state index contributed by atoms with van der Waals surface area (Å²) in [6, 6.07) is 30.5. The molecule has 1 N–H and O–H groups in total. The number of amides is 1. The number of carbonyl (C=O) groups is 1. The Morgan fingerprint density at radius 2 is 1.45 bits per heavy atom. The number of rotatable bonds is 8. The Bertz CT molecular complexity index is 1220. The first-order chi connectivity index (χ1) is 16.1. The molecule has 1 heterocycles. The summed E-state index contributed by atoms with van der Waals surface area (Å²) >= 11 is 5.95. The molecule has 0 fully saturated rings. The molecule has 0 aliphatic heterocycles. The van der Waals surface area contributed by atoms with Gasteiger partial charge < -0.3 is 5.32 Å². The van der Waals surface area contributed by atoms with Crippen LogP contribution in [0, 0.1) is 0 Å². The van der Waals surface area contributed by atoms with Crippen LogP contribution in [-0.4, -0.2) is 22.2 Å². The molecule has 1 aromatic heterocycles. The fraction of sp³-hybridized carbons (Fsp3) is 0.148. The Balaban J connectivity index is 1.41. The Morgan fingerprint density at radius 3 is 2.06 bits per heavy atom. The molecule has 0 radical (unpaired) electrons. The van der Waals surface area contributed by atoms with Gasteiger partial charge in [0.1, 0.15) is 0 Å². The Hall–Kier alpha value is -3.70. The maximum Gasteiger partial charge on any atom is 0.266 e. The van der Waals surface area contributed by atoms with Gasteiger partial charge in [-0.1, -0.05) is 84.4 Å². The van der Waals surface area contributed by atoms with Crippen LogP contribution in [0.15, 0.2) is 102 Å². The smallest absolute Gasteiger partial charge is 0.266 e. The summed E-state index contributed by atoms with van der Waals surface area (Å²) in [6.45, 7) is 0.597. The molecule has 3 aromatic carbocycles. The SMILES string of the molecule is O=C(CC(c1ccccc1)c1ccccc1)NCCn1nc(-c2ccc(Cl)cc2)ccc1=O. The molecule has 0 aliphatic carbocycles. The van der Waals surface area contributed by atoms with Crippen molar-refractivity contribution in [3.05, 3.63) is 124 Å². The molecule has 33 heavy (non-hydrogen) atoms. The fourth-order valence-electron chi connectivity index (χ4n) is 3.74. The van der Waals surface area contributed by atoms with E-state index in [0.29, 0.717) is 23.7 Å². The molecule has 0 saturated heterocycles. The number of halogens is 1. The summed E-state index contributed by atoms with van der Waals surface area (Å²) in [5.41, 5.74) is 3.50. The number of hydrogen-bond donors (Lipinski definition) is 1. The summed E-state index contributed by atoms with van der Waals surface area (Å²) < 4.78 is 1.37. The van der Waals surface area contributed by atoms with Crippen LogP contribution < -0.4 is 10.9 Å². The standard InChI is InChI=1S/C27H24ClN3O2/c28-23-13-11-22(12-14-23)25-15-16-27(33)31(30-25)18-17-29-26(32)19-24(20-7-3-1-4-8-20)21-9-5-2-6-10-21/h1-16,24H,17-19H2,(H,29,32). The maximum absolute atomic E-state index is 12.8. The molecule has 0 unspecified atom stereocenters. The summed E-state index contributed by atoms with van der Waals surface area (Å²) in [5, 5.41) is 8.01. The van der Waals surface area contributed by atoms with E-state index in [1.807, 2.05) is 72.8 Å². The van der Waals surface area contributed by atoms with Gasteiger partial charge in [0.2, 0.25) is 5.91 Å². The van der Waals surface area contributed by atoms with Gasteiger partial charge in [0, 0.05) is 35.5 Å². The number of carbonyl (C=O) groups excluding carboxylic acids is 1. The number of nitrogens with one attached hydrogen (secondary N) is 1. The monoisotopic (exact) mass is 457 g/mol. The summed E-state index contributed by atoms with van der Waals surface area (Å²) in [7, 11) is 0. The highest BCUT2D eigenvalue weighted by atomic mass is 35.5. The van der Waals surface area contributed by atoms with Gasteiger partial charge in [-0.25, -0.2) is 4.68 Å². The van der Waals surface area contributed by atoms with Crippen LogP contribution in [0.1, 0.15) is 23.5 Å². The van der Waals surface area contributed by atoms with E-state index < -0.39 is 0 Å². The van der Waals surface area contributed by atoms with Crippen LogP contribution in [0.5, 0.6) is 0 Å². The van der Waals surface area contributed by atoms with Crippen LogP contribution in [0.3, 0.4) is 0 Å². The average molecular weight is 458 g/mol. The lowest BCUT2D eigenvalue weighted by Crippen LogP contribution is -2.32. The number of hydrogen-bond acceptors (Lipinski definition) is 3. The molecule has 166 valence electrons. The molecular formula is C27H24ClN3O2. The van der Waals surface area contributed by atoms with Gasteiger partial charge in [0.05, 0.1) is 12.2 Å². The van der Waals surface area contributed by atoms with Crippen LogP contribution in [-0.2, 0) is 11.3 Å².